The number of carboxylic acids is 1. The molecule has 4 unspecified atom stereocenters. The van der Waals surface area contributed by atoms with Crippen molar-refractivity contribution in [1.29, 1.82) is 0 Å². The molecule has 9 N–H and O–H groups in total. The summed E-state index contributed by atoms with van der Waals surface area (Å²) in [5.41, 5.74) is 4.30. The van der Waals surface area contributed by atoms with Gasteiger partial charge in [0.1, 0.15) is 54.3 Å². The summed E-state index contributed by atoms with van der Waals surface area (Å²) in [4.78, 5) is 61.0. The summed E-state index contributed by atoms with van der Waals surface area (Å²) >= 11 is 6.18. The molecule has 22 nitrogen and oxygen atoms in total. The van der Waals surface area contributed by atoms with Crippen molar-refractivity contribution in [2.45, 2.75) is 475 Å². The number of rotatable bonds is 81. The zero-order chi connectivity index (χ0) is 98.5. The van der Waals surface area contributed by atoms with Gasteiger partial charge in [-0.3, -0.25) is 24.0 Å². The second kappa shape index (κ2) is 82.3. The van der Waals surface area contributed by atoms with Gasteiger partial charge in [-0.2, -0.15) is 0 Å². The maximum atomic E-state index is 14.2. The first-order valence-electron chi connectivity index (χ1n) is 53.3. The number of carboxylic acid groups (broad SMARTS) is 1. The van der Waals surface area contributed by atoms with E-state index < -0.39 is 80.0 Å². The number of hydrogen-bond acceptors (Lipinski definition) is 19. The van der Waals surface area contributed by atoms with Gasteiger partial charge >= 0.3 is 11.9 Å². The molecule has 0 bridgehead atoms. The van der Waals surface area contributed by atoms with E-state index in [4.69, 9.17) is 43.0 Å². The third-order valence-electron chi connectivity index (χ3n) is 26.7. The molecule has 2 heterocycles. The highest BCUT2D eigenvalue weighted by Gasteiger charge is 2.46. The molecule has 0 aromatic heterocycles. The fourth-order valence-electron chi connectivity index (χ4n) is 17.7. The average molecular weight is 2040 g/mol. The zero-order valence-electron chi connectivity index (χ0n) is 84.3. The maximum Gasteiger partial charge on any atom is 0.314 e. The van der Waals surface area contributed by atoms with Gasteiger partial charge in [0.05, 0.1) is 76.6 Å². The predicted molar refractivity (Wildman–Crippen MR) is 552 cm³/mol. The summed E-state index contributed by atoms with van der Waals surface area (Å²) in [7, 11) is 0. The molecular formula is C112H184Br2N2O20. The molecule has 776 valence electrons. The summed E-state index contributed by atoms with van der Waals surface area (Å²) in [6.45, 7) is 12.7. The smallest absolute Gasteiger partial charge is 0.314 e. The number of Topliss-reactive ketones (excluding diaryl/α,β-unsaturated/α-hetero) is 1. The van der Waals surface area contributed by atoms with Crippen LogP contribution in [0.1, 0.15) is 391 Å². The number of carbonyl (C=O) groups is 5. The topological polar surface area (TPSA) is 325 Å². The normalized spacial score (nSPS) is 19.5. The van der Waals surface area contributed by atoms with Crippen LogP contribution in [0.15, 0.2) is 121 Å². The van der Waals surface area contributed by atoms with Crippen LogP contribution in [0.4, 0.5) is 0 Å². The van der Waals surface area contributed by atoms with Crippen LogP contribution in [0.25, 0.3) is 0 Å². The third-order valence-corrected chi connectivity index (χ3v) is 27.8. The van der Waals surface area contributed by atoms with E-state index in [1.165, 1.54) is 148 Å². The van der Waals surface area contributed by atoms with Crippen LogP contribution < -0.4 is 10.6 Å². The second-order valence-corrected chi connectivity index (χ2v) is 39.8. The monoisotopic (exact) mass is 2040 g/mol. The summed E-state index contributed by atoms with van der Waals surface area (Å²) in [6, 6.07) is 39.2. The van der Waals surface area contributed by atoms with Gasteiger partial charge in [-0.25, -0.2) is 0 Å². The van der Waals surface area contributed by atoms with Crippen molar-refractivity contribution in [3.05, 3.63) is 144 Å². The third kappa shape index (κ3) is 59.7. The minimum Gasteiger partial charge on any atom is -0.481 e. The van der Waals surface area contributed by atoms with Gasteiger partial charge in [-0.15, -0.1) is 0 Å². The fraction of sp³-hybridized carbons (Fsp3) is 0.741. The van der Waals surface area contributed by atoms with E-state index in [1.807, 2.05) is 72.8 Å². The number of amides is 2. The van der Waals surface area contributed by atoms with Crippen LogP contribution in [0.5, 0.6) is 0 Å². The highest BCUT2D eigenvalue weighted by Crippen LogP contribution is 2.37. The van der Waals surface area contributed by atoms with Gasteiger partial charge < -0.3 is 84.3 Å². The van der Waals surface area contributed by atoms with Crippen LogP contribution in [0.3, 0.4) is 0 Å². The zero-order valence-corrected chi connectivity index (χ0v) is 87.5. The molecule has 24 heteroatoms. The summed E-state index contributed by atoms with van der Waals surface area (Å²) in [6.07, 6.45) is 43.7. The Hall–Kier alpha value is -5.13. The molecule has 2 amide bonds. The molecule has 0 radical (unpaired) electrons. The molecule has 0 saturated carbocycles. The van der Waals surface area contributed by atoms with Gasteiger partial charge in [0, 0.05) is 43.4 Å². The molecule has 136 heavy (non-hydrogen) atoms. The van der Waals surface area contributed by atoms with Gasteiger partial charge in [-0.1, -0.05) is 438 Å². The van der Waals surface area contributed by atoms with Crippen molar-refractivity contribution >= 4 is 61.4 Å². The predicted octanol–water partition coefficient (Wildman–Crippen LogP) is 24.0. The van der Waals surface area contributed by atoms with E-state index in [0.717, 1.165) is 169 Å². The van der Waals surface area contributed by atoms with Gasteiger partial charge in [0.15, 0.2) is 12.6 Å². The number of aliphatic carboxylic acids is 1. The largest absolute Gasteiger partial charge is 0.481 e. The quantitative estimate of drug-likeness (QED) is 0.0113. The summed E-state index contributed by atoms with van der Waals surface area (Å²) < 4.78 is 50.6. The first-order valence-corrected chi connectivity index (χ1v) is 55.6. The summed E-state index contributed by atoms with van der Waals surface area (Å²) in [5, 5.41) is 77.3. The molecule has 6 rings (SSSR count). The Morgan fingerprint density at radius 1 is 0.390 bits per heavy atom. The molecule has 2 fully saturated rings. The first kappa shape index (κ1) is 123. The summed E-state index contributed by atoms with van der Waals surface area (Å²) in [5.74, 6) is -0.181. The van der Waals surface area contributed by atoms with Crippen molar-refractivity contribution in [3.63, 3.8) is 0 Å². The van der Waals surface area contributed by atoms with E-state index in [2.05, 4.69) is 126 Å². The fourth-order valence-corrected chi connectivity index (χ4v) is 18.1. The Balaban J connectivity index is 0.000000563. The number of alkyl halides is 2. The molecule has 0 spiro atoms. The SMILES string of the molecule is CCCCCCCCCCCCCC[C@@H](O)[C@@H](O)[C@H](CO[C@H]1OC(CO)[C@H](O)[C@H](O)C1O)NC(=O)CCCCCCCCCC(=O)CCCCCCCCCBr.CCCCCCCCCCCCCC[C@@H](OCc1ccccc1)[C@@H](OCc1ccccc1)[C@H](CO[C@H]1OC(COCc2ccccc2)[C@H](C)[C@H](C)C1C)NC(=O)CCCCCCCCCC(=O)OCc1ccccc1.O=C(O)CBr. The highest BCUT2D eigenvalue weighted by atomic mass is 79.9. The number of ketones is 1. The van der Waals surface area contributed by atoms with Gasteiger partial charge in [0.25, 0.3) is 0 Å². The lowest BCUT2D eigenvalue weighted by Gasteiger charge is -2.44. The maximum absolute atomic E-state index is 14.2. The second-order valence-electron chi connectivity index (χ2n) is 38.4. The van der Waals surface area contributed by atoms with E-state index in [9.17, 15) is 54.6 Å². The molecule has 16 atom stereocenters. The lowest BCUT2D eigenvalue weighted by Crippen LogP contribution is -2.60. The van der Waals surface area contributed by atoms with Crippen LogP contribution >= 0.6 is 31.9 Å². The van der Waals surface area contributed by atoms with Gasteiger partial charge in [-0.05, 0) is 85.5 Å². The van der Waals surface area contributed by atoms with Crippen LogP contribution in [-0.2, 0) is 88.3 Å². The number of halogens is 2. The number of benzene rings is 4. The van der Waals surface area contributed by atoms with Crippen molar-refractivity contribution in [2.24, 2.45) is 17.8 Å². The van der Waals surface area contributed by atoms with Crippen molar-refractivity contribution in [2.75, 3.05) is 37.1 Å². The van der Waals surface area contributed by atoms with Crippen LogP contribution in [0, 0.1) is 17.8 Å². The minimum atomic E-state index is -1.62. The van der Waals surface area contributed by atoms with E-state index in [-0.39, 0.29) is 66.8 Å². The number of esters is 1. The number of carbonyl (C=O) groups excluding carboxylic acids is 4. The molecule has 4 aromatic rings. The van der Waals surface area contributed by atoms with Crippen LogP contribution in [-0.4, -0.2) is 182 Å². The molecule has 0 aliphatic carbocycles. The van der Waals surface area contributed by atoms with Crippen LogP contribution in [0.2, 0.25) is 0 Å². The molecule has 2 aliphatic rings. The van der Waals surface area contributed by atoms with E-state index in [1.54, 1.807) is 0 Å². The first-order chi connectivity index (χ1) is 66.2. The lowest BCUT2D eigenvalue weighted by atomic mass is 9.79. The average Bonchev–Trinajstić information content (AvgIpc) is 0.811. The number of unbranched alkanes of at least 4 members (excludes halogenated alkanes) is 40. The van der Waals surface area contributed by atoms with E-state index >= 15 is 0 Å². The molecule has 2 aliphatic heterocycles. The standard InChI is InChI=1S/C66H97NO8.C44H84BrNO10.C2H3BrO2/c1-5-6-7-8-9-10-11-12-13-15-18-33-44-61(71-48-57-38-27-22-28-39-57)65(73-50-59-42-31-24-32-43-59)60(51-74-66-55(4)53(2)54(3)62(75-66)52-70-47-56-36-25-21-26-37-56)67-63(68)45-34-19-16-14-17-20-35-46-64(69)72-49-58-40-29-23-30-41-58;1-2-3-4-5-6-7-8-9-10-15-20-25-30-37(49)40(51)36(34-55-44-43(54)42(53)41(52)38(33-47)56-44)46-39(50)31-26-21-16-11-13-18-23-28-35(48)29-24-19-14-12-17-22-27-32-45;3-1-2(4)5/h21-32,36-43,53-55,60-62,65-66H,5-20,33-35,44-52H2,1-4H3,(H,67,68);36-38,40-44,47,49,51-54H,2-34H2,1H3,(H,46,50);1H2,(H,4,5)/t53-,54+,55?,60-,61+,62?,65-,66-;36-,37+,38?,40-,41-,42-,43?,44-;/m00./s1. The number of hydrogen-bond donors (Lipinski definition) is 9. The molecule has 4 aromatic carbocycles. The number of ether oxygens (including phenoxy) is 8. The van der Waals surface area contributed by atoms with Crippen molar-refractivity contribution < 1.29 is 97.6 Å². The Morgan fingerprint density at radius 3 is 1.18 bits per heavy atom. The van der Waals surface area contributed by atoms with Gasteiger partial charge in [0.2, 0.25) is 11.8 Å². The van der Waals surface area contributed by atoms with Crippen molar-refractivity contribution in [1.82, 2.24) is 10.6 Å². The van der Waals surface area contributed by atoms with Crippen molar-refractivity contribution in [3.8, 4) is 0 Å². The highest BCUT2D eigenvalue weighted by molar-refractivity contribution is 9.09. The Bertz CT molecular complexity index is 3490. The number of aliphatic hydroxyl groups excluding tert-OH is 6. The van der Waals surface area contributed by atoms with E-state index in [0.29, 0.717) is 83.3 Å². The Kier molecular flexibility index (Phi) is 74.5. The number of nitrogens with one attached hydrogen (secondary N) is 2. The lowest BCUT2D eigenvalue weighted by molar-refractivity contribution is -0.303. The number of aliphatic hydroxyl groups is 6. The minimum absolute atomic E-state index is 0.00936. The molecular weight excluding hydrogens is 1850 g/mol. The molecule has 2 saturated heterocycles. The Labute approximate surface area is 837 Å². The Morgan fingerprint density at radius 2 is 0.750 bits per heavy atom.